The molecular formula is C16H28N2O. The molecule has 1 aliphatic carbocycles. The predicted octanol–water partition coefficient (Wildman–Crippen LogP) is 3.22. The SMILES string of the molecule is CCC(C)N(C)CCNCc1ccc(C2CC2C)o1. The van der Waals surface area contributed by atoms with Crippen LogP contribution in [0.25, 0.3) is 0 Å². The second-order valence-corrected chi connectivity index (χ2v) is 6.04. The van der Waals surface area contributed by atoms with Gasteiger partial charge in [-0.25, -0.2) is 0 Å². The van der Waals surface area contributed by atoms with Crippen LogP contribution in [-0.2, 0) is 6.54 Å². The van der Waals surface area contributed by atoms with Gasteiger partial charge in [0.05, 0.1) is 6.54 Å². The number of nitrogens with zero attached hydrogens (tertiary/aromatic N) is 1. The van der Waals surface area contributed by atoms with E-state index >= 15 is 0 Å². The van der Waals surface area contributed by atoms with Crippen molar-refractivity contribution in [1.29, 1.82) is 0 Å². The highest BCUT2D eigenvalue weighted by molar-refractivity contribution is 5.17. The maximum absolute atomic E-state index is 5.88. The Kier molecular flexibility index (Phi) is 5.06. The highest BCUT2D eigenvalue weighted by atomic mass is 16.3. The Bertz CT molecular complexity index is 388. The second kappa shape index (κ2) is 6.58. The van der Waals surface area contributed by atoms with E-state index in [9.17, 15) is 0 Å². The molecule has 2 rings (SSSR count). The summed E-state index contributed by atoms with van der Waals surface area (Å²) in [6, 6.07) is 4.93. The van der Waals surface area contributed by atoms with Crippen LogP contribution in [0.5, 0.6) is 0 Å². The fourth-order valence-electron chi connectivity index (χ4n) is 2.41. The zero-order valence-electron chi connectivity index (χ0n) is 12.8. The first-order valence-corrected chi connectivity index (χ1v) is 7.61. The summed E-state index contributed by atoms with van der Waals surface area (Å²) in [7, 11) is 2.19. The molecule has 3 heteroatoms. The molecular weight excluding hydrogens is 236 g/mol. The van der Waals surface area contributed by atoms with Crippen LogP contribution in [0.2, 0.25) is 0 Å². The molecule has 1 N–H and O–H groups in total. The summed E-state index contributed by atoms with van der Waals surface area (Å²) in [6.07, 6.45) is 2.50. The Morgan fingerprint density at radius 2 is 2.21 bits per heavy atom. The Morgan fingerprint density at radius 3 is 2.84 bits per heavy atom. The number of furan rings is 1. The van der Waals surface area contributed by atoms with Crippen molar-refractivity contribution in [2.45, 2.75) is 52.1 Å². The van der Waals surface area contributed by atoms with E-state index in [1.54, 1.807) is 0 Å². The van der Waals surface area contributed by atoms with E-state index in [1.807, 2.05) is 0 Å². The topological polar surface area (TPSA) is 28.4 Å². The van der Waals surface area contributed by atoms with Crippen molar-refractivity contribution >= 4 is 0 Å². The summed E-state index contributed by atoms with van der Waals surface area (Å²) in [5, 5.41) is 3.46. The molecule has 1 aromatic heterocycles. The fourth-order valence-corrected chi connectivity index (χ4v) is 2.41. The van der Waals surface area contributed by atoms with E-state index in [1.165, 1.54) is 18.6 Å². The van der Waals surface area contributed by atoms with Crippen LogP contribution in [0.4, 0.5) is 0 Å². The molecule has 1 aliphatic rings. The summed E-state index contributed by atoms with van der Waals surface area (Å²) < 4.78 is 5.88. The van der Waals surface area contributed by atoms with Crippen molar-refractivity contribution in [3.63, 3.8) is 0 Å². The largest absolute Gasteiger partial charge is 0.464 e. The van der Waals surface area contributed by atoms with E-state index in [2.05, 4.69) is 50.2 Å². The first-order chi connectivity index (χ1) is 9.11. The zero-order valence-corrected chi connectivity index (χ0v) is 12.8. The average molecular weight is 264 g/mol. The van der Waals surface area contributed by atoms with Crippen molar-refractivity contribution < 1.29 is 4.42 Å². The number of hydrogen-bond acceptors (Lipinski definition) is 3. The molecule has 19 heavy (non-hydrogen) atoms. The Hall–Kier alpha value is -0.800. The van der Waals surface area contributed by atoms with Crippen LogP contribution in [0.3, 0.4) is 0 Å². The van der Waals surface area contributed by atoms with Gasteiger partial charge in [-0.1, -0.05) is 13.8 Å². The third-order valence-corrected chi connectivity index (χ3v) is 4.44. The lowest BCUT2D eigenvalue weighted by Gasteiger charge is -2.23. The molecule has 0 amide bonds. The standard InChI is InChI=1S/C16H28N2O/c1-5-13(3)18(4)9-8-17-11-14-6-7-16(19-14)15-10-12(15)2/h6-7,12-13,15,17H,5,8-11H2,1-4H3. The molecule has 1 fully saturated rings. The van der Waals surface area contributed by atoms with Gasteiger partial charge in [0.1, 0.15) is 11.5 Å². The first-order valence-electron chi connectivity index (χ1n) is 7.61. The van der Waals surface area contributed by atoms with Crippen LogP contribution < -0.4 is 5.32 Å². The number of likely N-dealkylation sites (N-methyl/N-ethyl adjacent to an activating group) is 1. The minimum Gasteiger partial charge on any atom is -0.464 e. The maximum Gasteiger partial charge on any atom is 0.117 e. The van der Waals surface area contributed by atoms with Gasteiger partial charge in [0.25, 0.3) is 0 Å². The second-order valence-electron chi connectivity index (χ2n) is 6.04. The van der Waals surface area contributed by atoms with Crippen molar-refractivity contribution in [3.05, 3.63) is 23.7 Å². The number of rotatable bonds is 8. The number of nitrogens with one attached hydrogen (secondary N) is 1. The highest BCUT2D eigenvalue weighted by Gasteiger charge is 2.36. The van der Waals surface area contributed by atoms with Gasteiger partial charge in [0, 0.05) is 25.0 Å². The molecule has 1 aromatic rings. The number of hydrogen-bond donors (Lipinski definition) is 1. The molecule has 0 bridgehead atoms. The van der Waals surface area contributed by atoms with Crippen LogP contribution in [0.15, 0.2) is 16.5 Å². The lowest BCUT2D eigenvalue weighted by Crippen LogP contribution is -2.34. The van der Waals surface area contributed by atoms with E-state index in [4.69, 9.17) is 4.42 Å². The monoisotopic (exact) mass is 264 g/mol. The summed E-state index contributed by atoms with van der Waals surface area (Å²) in [6.45, 7) is 9.73. The molecule has 0 aliphatic heterocycles. The molecule has 3 atom stereocenters. The summed E-state index contributed by atoms with van der Waals surface area (Å²) in [4.78, 5) is 2.40. The van der Waals surface area contributed by atoms with E-state index in [-0.39, 0.29) is 0 Å². The van der Waals surface area contributed by atoms with Crippen molar-refractivity contribution in [2.24, 2.45) is 5.92 Å². The van der Waals surface area contributed by atoms with Crippen molar-refractivity contribution in [1.82, 2.24) is 10.2 Å². The summed E-state index contributed by atoms with van der Waals surface area (Å²) >= 11 is 0. The zero-order chi connectivity index (χ0) is 13.8. The lowest BCUT2D eigenvalue weighted by atomic mass is 10.2. The normalized spacial score (nSPS) is 23.8. The van der Waals surface area contributed by atoms with Crippen LogP contribution in [0, 0.1) is 5.92 Å². The molecule has 0 aromatic carbocycles. The fraction of sp³-hybridized carbons (Fsp3) is 0.750. The van der Waals surface area contributed by atoms with Gasteiger partial charge >= 0.3 is 0 Å². The van der Waals surface area contributed by atoms with E-state index in [0.29, 0.717) is 12.0 Å². The quantitative estimate of drug-likeness (QED) is 0.731. The average Bonchev–Trinajstić information content (AvgIpc) is 2.96. The Morgan fingerprint density at radius 1 is 1.47 bits per heavy atom. The first kappa shape index (κ1) is 14.6. The maximum atomic E-state index is 5.88. The third kappa shape index (κ3) is 4.08. The Balaban J connectivity index is 1.64. The molecule has 0 radical (unpaired) electrons. The van der Waals surface area contributed by atoms with Gasteiger partial charge in [-0.05, 0) is 44.9 Å². The molecule has 108 valence electrons. The molecule has 1 saturated carbocycles. The van der Waals surface area contributed by atoms with Gasteiger partial charge in [0.2, 0.25) is 0 Å². The summed E-state index contributed by atoms with van der Waals surface area (Å²) in [5.41, 5.74) is 0. The third-order valence-electron chi connectivity index (χ3n) is 4.44. The van der Waals surface area contributed by atoms with Gasteiger partial charge < -0.3 is 14.6 Å². The van der Waals surface area contributed by atoms with Crippen LogP contribution >= 0.6 is 0 Å². The van der Waals surface area contributed by atoms with Crippen LogP contribution in [0.1, 0.15) is 51.1 Å². The van der Waals surface area contributed by atoms with Gasteiger partial charge in [-0.3, -0.25) is 0 Å². The summed E-state index contributed by atoms with van der Waals surface area (Å²) in [5.74, 6) is 3.75. The lowest BCUT2D eigenvalue weighted by molar-refractivity contribution is 0.250. The van der Waals surface area contributed by atoms with Crippen LogP contribution in [-0.4, -0.2) is 31.1 Å². The smallest absolute Gasteiger partial charge is 0.117 e. The minimum atomic E-state index is 0.661. The van der Waals surface area contributed by atoms with Crippen molar-refractivity contribution in [3.8, 4) is 0 Å². The molecule has 3 nitrogen and oxygen atoms in total. The molecule has 3 unspecified atom stereocenters. The molecule has 0 spiro atoms. The van der Waals surface area contributed by atoms with Gasteiger partial charge in [-0.15, -0.1) is 0 Å². The van der Waals surface area contributed by atoms with Crippen molar-refractivity contribution in [2.75, 3.05) is 20.1 Å². The predicted molar refractivity (Wildman–Crippen MR) is 79.3 cm³/mol. The molecule has 0 saturated heterocycles. The van der Waals surface area contributed by atoms with E-state index < -0.39 is 0 Å². The highest BCUT2D eigenvalue weighted by Crippen LogP contribution is 2.47. The molecule has 1 heterocycles. The Labute approximate surface area is 117 Å². The van der Waals surface area contributed by atoms with Gasteiger partial charge in [-0.2, -0.15) is 0 Å². The van der Waals surface area contributed by atoms with Gasteiger partial charge in [0.15, 0.2) is 0 Å². The van der Waals surface area contributed by atoms with E-state index in [0.717, 1.165) is 31.3 Å². The minimum absolute atomic E-state index is 0.661.